The van der Waals surface area contributed by atoms with Gasteiger partial charge in [-0.15, -0.1) is 4.98 Å². The number of nitrogens with zero attached hydrogens (tertiary/aromatic N) is 4. The van der Waals surface area contributed by atoms with Gasteiger partial charge in [0.2, 0.25) is 0 Å². The van der Waals surface area contributed by atoms with Crippen LogP contribution in [0.25, 0.3) is 4.85 Å². The maximum Gasteiger partial charge on any atom is 0.313 e. The number of hydrogen-bond acceptors (Lipinski definition) is 6. The van der Waals surface area contributed by atoms with E-state index in [9.17, 15) is 0 Å². The van der Waals surface area contributed by atoms with Crippen molar-refractivity contribution < 1.29 is 9.47 Å². The van der Waals surface area contributed by atoms with Gasteiger partial charge in [0, 0.05) is 27.3 Å². The number of methoxy groups -OCH3 is 2. The van der Waals surface area contributed by atoms with E-state index in [0.717, 1.165) is 0 Å². The minimum Gasteiger partial charge on any atom is -0.383 e. The van der Waals surface area contributed by atoms with Crippen molar-refractivity contribution in [2.75, 3.05) is 51.2 Å². The Bertz CT molecular complexity index is 455. The summed E-state index contributed by atoms with van der Waals surface area (Å²) in [7, 11) is 3.21. The monoisotopic (exact) mass is 285 g/mol. The first kappa shape index (κ1) is 15.4. The SMILES string of the molecule is [C-]#[N+]c1nc(Cl)c(N)nc1N(CCOC)CCOC. The summed E-state index contributed by atoms with van der Waals surface area (Å²) in [6, 6.07) is 0. The van der Waals surface area contributed by atoms with Crippen LogP contribution in [0, 0.1) is 6.57 Å². The molecule has 0 spiro atoms. The van der Waals surface area contributed by atoms with Crippen LogP contribution in [-0.4, -0.2) is 50.5 Å². The summed E-state index contributed by atoms with van der Waals surface area (Å²) in [5.74, 6) is 0.612. The third-order valence-electron chi connectivity index (χ3n) is 2.38. The Morgan fingerprint density at radius 1 is 1.26 bits per heavy atom. The minimum atomic E-state index is 0.0354. The highest BCUT2D eigenvalue weighted by Crippen LogP contribution is 2.28. The lowest BCUT2D eigenvalue weighted by atomic mass is 10.4. The molecular formula is C11H16ClN5O2. The number of nitrogens with two attached hydrogens (primary N) is 1. The molecule has 104 valence electrons. The fraction of sp³-hybridized carbons (Fsp3) is 0.545. The quantitative estimate of drug-likeness (QED) is 0.762. The molecule has 0 bridgehead atoms. The zero-order valence-electron chi connectivity index (χ0n) is 10.9. The van der Waals surface area contributed by atoms with E-state index in [1.807, 2.05) is 4.90 Å². The van der Waals surface area contributed by atoms with Crippen LogP contribution >= 0.6 is 11.6 Å². The summed E-state index contributed by atoms with van der Waals surface area (Å²) in [5, 5.41) is 0.0354. The summed E-state index contributed by atoms with van der Waals surface area (Å²) >= 11 is 5.77. The van der Waals surface area contributed by atoms with Crippen molar-refractivity contribution >= 4 is 29.1 Å². The van der Waals surface area contributed by atoms with E-state index >= 15 is 0 Å². The molecule has 0 amide bonds. The second-order valence-corrected chi connectivity index (χ2v) is 3.99. The highest BCUT2D eigenvalue weighted by atomic mass is 35.5. The Labute approximate surface area is 117 Å². The first-order valence-corrected chi connectivity index (χ1v) is 5.95. The maximum absolute atomic E-state index is 7.13. The van der Waals surface area contributed by atoms with Gasteiger partial charge in [-0.2, -0.15) is 0 Å². The molecule has 1 aromatic rings. The Hall–Kier alpha value is -1.62. The number of ether oxygens (including phenoxy) is 2. The second kappa shape index (κ2) is 7.74. The van der Waals surface area contributed by atoms with Gasteiger partial charge in [-0.05, 0) is 11.6 Å². The molecule has 0 radical (unpaired) electrons. The highest BCUT2D eigenvalue weighted by Gasteiger charge is 2.18. The molecule has 0 fully saturated rings. The van der Waals surface area contributed by atoms with Gasteiger partial charge >= 0.3 is 5.82 Å². The van der Waals surface area contributed by atoms with Crippen LogP contribution in [0.5, 0.6) is 0 Å². The molecule has 1 aromatic heterocycles. The molecule has 7 nitrogen and oxygen atoms in total. The van der Waals surface area contributed by atoms with Gasteiger partial charge in [0.05, 0.1) is 13.2 Å². The predicted octanol–water partition coefficient (Wildman–Crippen LogP) is 1.36. The van der Waals surface area contributed by atoms with Gasteiger partial charge in [0.25, 0.3) is 5.15 Å². The molecule has 0 atom stereocenters. The van der Waals surface area contributed by atoms with Gasteiger partial charge in [-0.25, -0.2) is 4.98 Å². The average Bonchev–Trinajstić information content (AvgIpc) is 2.42. The fourth-order valence-corrected chi connectivity index (χ4v) is 1.55. The van der Waals surface area contributed by atoms with Gasteiger partial charge in [0.15, 0.2) is 11.6 Å². The van der Waals surface area contributed by atoms with E-state index in [2.05, 4.69) is 14.8 Å². The lowest BCUT2D eigenvalue weighted by Crippen LogP contribution is -2.31. The number of nitrogen functional groups attached to an aromatic ring is 1. The fourth-order valence-electron chi connectivity index (χ4n) is 1.42. The summed E-state index contributed by atoms with van der Waals surface area (Å²) in [6.07, 6.45) is 0. The zero-order valence-corrected chi connectivity index (χ0v) is 11.6. The molecule has 8 heteroatoms. The highest BCUT2D eigenvalue weighted by molar-refractivity contribution is 6.31. The number of rotatable bonds is 7. The average molecular weight is 286 g/mol. The predicted molar refractivity (Wildman–Crippen MR) is 73.7 cm³/mol. The molecule has 0 aromatic carbocycles. The molecular weight excluding hydrogens is 270 g/mol. The van der Waals surface area contributed by atoms with Crippen molar-refractivity contribution in [2.45, 2.75) is 0 Å². The van der Waals surface area contributed by atoms with Crippen LogP contribution in [0.1, 0.15) is 0 Å². The van der Waals surface area contributed by atoms with Crippen LogP contribution < -0.4 is 10.6 Å². The molecule has 1 rings (SSSR count). The number of anilines is 2. The summed E-state index contributed by atoms with van der Waals surface area (Å²) in [6.45, 7) is 9.22. The van der Waals surface area contributed by atoms with Crippen LogP contribution in [-0.2, 0) is 9.47 Å². The van der Waals surface area contributed by atoms with E-state index < -0.39 is 0 Å². The topological polar surface area (TPSA) is 77.9 Å². The van der Waals surface area contributed by atoms with Crippen LogP contribution in [0.15, 0.2) is 0 Å². The standard InChI is InChI=1S/C11H16ClN5O2/c1-14-10-11(16-9(13)8(12)15-10)17(4-6-18-2)5-7-19-3/h4-7H2,2-3H3,(H2,13,16). The lowest BCUT2D eigenvalue weighted by molar-refractivity contribution is 0.190. The summed E-state index contributed by atoms with van der Waals surface area (Å²) < 4.78 is 10.1. The Balaban J connectivity index is 3.05. The Morgan fingerprint density at radius 2 is 1.84 bits per heavy atom. The first-order chi connectivity index (χ1) is 9.13. The van der Waals surface area contributed by atoms with Crippen molar-refractivity contribution in [2.24, 2.45) is 0 Å². The van der Waals surface area contributed by atoms with E-state index in [1.165, 1.54) is 0 Å². The zero-order chi connectivity index (χ0) is 14.3. The third-order valence-corrected chi connectivity index (χ3v) is 2.66. The van der Waals surface area contributed by atoms with Crippen molar-refractivity contribution in [3.63, 3.8) is 0 Å². The Morgan fingerprint density at radius 3 is 2.32 bits per heavy atom. The largest absolute Gasteiger partial charge is 0.383 e. The van der Waals surface area contributed by atoms with Crippen LogP contribution in [0.4, 0.5) is 17.5 Å². The normalized spacial score (nSPS) is 10.2. The van der Waals surface area contributed by atoms with Crippen LogP contribution in [0.2, 0.25) is 5.15 Å². The molecule has 0 saturated carbocycles. The summed E-state index contributed by atoms with van der Waals surface area (Å²) in [5.41, 5.74) is 5.64. The molecule has 19 heavy (non-hydrogen) atoms. The molecule has 1 heterocycles. The molecule has 0 saturated heterocycles. The van der Waals surface area contributed by atoms with Crippen LogP contribution in [0.3, 0.4) is 0 Å². The van der Waals surface area contributed by atoms with Gasteiger partial charge in [0.1, 0.15) is 0 Å². The van der Waals surface area contributed by atoms with Crippen molar-refractivity contribution in [3.8, 4) is 0 Å². The Kier molecular flexibility index (Phi) is 6.29. The molecule has 2 N–H and O–H groups in total. The number of hydrogen-bond donors (Lipinski definition) is 1. The molecule has 0 aliphatic heterocycles. The third kappa shape index (κ3) is 4.21. The molecule has 0 unspecified atom stereocenters. The van der Waals surface area contributed by atoms with Crippen molar-refractivity contribution in [3.05, 3.63) is 16.6 Å². The summed E-state index contributed by atoms with van der Waals surface area (Å²) in [4.78, 5) is 13.2. The van der Waals surface area contributed by atoms with Crippen molar-refractivity contribution in [1.82, 2.24) is 9.97 Å². The van der Waals surface area contributed by atoms with E-state index in [0.29, 0.717) is 32.1 Å². The molecule has 0 aliphatic carbocycles. The van der Waals surface area contributed by atoms with Crippen molar-refractivity contribution in [1.29, 1.82) is 0 Å². The number of aromatic nitrogens is 2. The first-order valence-electron chi connectivity index (χ1n) is 5.57. The molecule has 0 aliphatic rings. The van der Waals surface area contributed by atoms with E-state index in [-0.39, 0.29) is 16.8 Å². The van der Waals surface area contributed by atoms with Gasteiger partial charge < -0.3 is 25.0 Å². The minimum absolute atomic E-state index is 0.0354. The van der Waals surface area contributed by atoms with E-state index in [1.54, 1.807) is 14.2 Å². The number of halogens is 1. The van der Waals surface area contributed by atoms with Gasteiger partial charge in [-0.3, -0.25) is 0 Å². The van der Waals surface area contributed by atoms with E-state index in [4.69, 9.17) is 33.4 Å². The second-order valence-electron chi connectivity index (χ2n) is 3.63. The maximum atomic E-state index is 7.13. The lowest BCUT2D eigenvalue weighted by Gasteiger charge is -2.24. The van der Waals surface area contributed by atoms with Gasteiger partial charge in [-0.1, -0.05) is 6.57 Å². The smallest absolute Gasteiger partial charge is 0.313 e.